The second kappa shape index (κ2) is 9.60. The van der Waals surface area contributed by atoms with Gasteiger partial charge in [0.15, 0.2) is 5.65 Å². The number of aromatic amines is 1. The zero-order valence-corrected chi connectivity index (χ0v) is 22.5. The fourth-order valence-corrected chi connectivity index (χ4v) is 6.03. The van der Waals surface area contributed by atoms with Crippen LogP contribution in [0.2, 0.25) is 0 Å². The monoisotopic (exact) mass is 498 g/mol. The van der Waals surface area contributed by atoms with Gasteiger partial charge in [-0.3, -0.25) is 4.79 Å². The largest absolute Gasteiger partial charge is 0.354 e. The van der Waals surface area contributed by atoms with Gasteiger partial charge >= 0.3 is 0 Å². The number of aryl methyl sites for hydroxylation is 1. The third-order valence-corrected chi connectivity index (χ3v) is 8.56. The summed E-state index contributed by atoms with van der Waals surface area (Å²) >= 11 is 0. The summed E-state index contributed by atoms with van der Waals surface area (Å²) in [7, 11) is 0. The number of nitrogens with one attached hydrogen (secondary N) is 2. The lowest BCUT2D eigenvalue weighted by Crippen LogP contribution is -2.42. The summed E-state index contributed by atoms with van der Waals surface area (Å²) in [6.45, 7) is 12.0. The van der Waals surface area contributed by atoms with E-state index < -0.39 is 0 Å². The minimum atomic E-state index is 0.252. The quantitative estimate of drug-likeness (QED) is 0.361. The lowest BCUT2D eigenvalue weighted by molar-refractivity contribution is -0.131. The second-order valence-electron chi connectivity index (χ2n) is 11.4. The van der Waals surface area contributed by atoms with Crippen molar-refractivity contribution in [1.82, 2.24) is 29.8 Å². The minimum Gasteiger partial charge on any atom is -0.354 e. The molecule has 1 aromatic carbocycles. The van der Waals surface area contributed by atoms with E-state index in [0.717, 1.165) is 49.6 Å². The fourth-order valence-electron chi connectivity index (χ4n) is 6.03. The Balaban J connectivity index is 1.25. The highest BCUT2D eigenvalue weighted by molar-refractivity contribution is 5.92. The topological polar surface area (TPSA) is 78.3 Å². The number of H-pyrrole nitrogens is 1. The lowest BCUT2D eigenvalue weighted by Gasteiger charge is -2.32. The molecule has 4 aromatic rings. The minimum absolute atomic E-state index is 0.252. The molecular formula is C30H38N6O. The predicted molar refractivity (Wildman–Crippen MR) is 148 cm³/mol. The number of amides is 1. The van der Waals surface area contributed by atoms with Gasteiger partial charge in [0.2, 0.25) is 5.91 Å². The molecule has 0 spiro atoms. The summed E-state index contributed by atoms with van der Waals surface area (Å²) in [5.41, 5.74) is 9.58. The first kappa shape index (κ1) is 24.2. The van der Waals surface area contributed by atoms with Crippen LogP contribution in [0, 0.1) is 19.8 Å². The zero-order chi connectivity index (χ0) is 25.7. The smallest absolute Gasteiger partial charge is 0.236 e. The number of carbonyl (C=O) groups excluding carboxylic acids is 1. The Morgan fingerprint density at radius 2 is 1.92 bits per heavy atom. The number of benzene rings is 1. The van der Waals surface area contributed by atoms with Crippen LogP contribution in [0.25, 0.3) is 27.8 Å². The van der Waals surface area contributed by atoms with E-state index in [-0.39, 0.29) is 5.91 Å². The molecule has 7 nitrogen and oxygen atoms in total. The van der Waals surface area contributed by atoms with Gasteiger partial charge in [0.1, 0.15) is 6.33 Å². The molecule has 37 heavy (non-hydrogen) atoms. The first-order valence-corrected chi connectivity index (χ1v) is 13.8. The third kappa shape index (κ3) is 4.54. The predicted octanol–water partition coefficient (Wildman–Crippen LogP) is 5.32. The van der Waals surface area contributed by atoms with Crippen molar-refractivity contribution >= 4 is 22.5 Å². The van der Waals surface area contributed by atoms with E-state index >= 15 is 0 Å². The van der Waals surface area contributed by atoms with Crippen molar-refractivity contribution in [2.75, 3.05) is 26.2 Å². The van der Waals surface area contributed by atoms with Gasteiger partial charge in [-0.05, 0) is 98.2 Å². The van der Waals surface area contributed by atoms with Crippen LogP contribution in [0.15, 0.2) is 30.7 Å². The van der Waals surface area contributed by atoms with Gasteiger partial charge in [0.25, 0.3) is 0 Å². The number of aromatic nitrogens is 4. The molecule has 0 atom stereocenters. The van der Waals surface area contributed by atoms with Crippen LogP contribution in [-0.4, -0.2) is 56.6 Å². The van der Waals surface area contributed by atoms with Gasteiger partial charge in [0, 0.05) is 35.8 Å². The number of fused-ring (bicyclic) bond motifs is 2. The Kier molecular flexibility index (Phi) is 6.27. The molecule has 7 heteroatoms. The second-order valence-corrected chi connectivity index (χ2v) is 11.4. The molecule has 0 radical (unpaired) electrons. The van der Waals surface area contributed by atoms with Crippen molar-refractivity contribution in [3.63, 3.8) is 0 Å². The van der Waals surface area contributed by atoms with Gasteiger partial charge in [-0.25, -0.2) is 9.50 Å². The summed E-state index contributed by atoms with van der Waals surface area (Å²) in [5.74, 6) is 1.91. The average Bonchev–Trinajstić information content (AvgIpc) is 3.45. The van der Waals surface area contributed by atoms with Crippen LogP contribution in [0.1, 0.15) is 73.6 Å². The van der Waals surface area contributed by atoms with Crippen molar-refractivity contribution in [2.45, 2.75) is 65.2 Å². The fraction of sp³-hybridized carbons (Fsp3) is 0.500. The Hall–Kier alpha value is -3.19. The van der Waals surface area contributed by atoms with Gasteiger partial charge < -0.3 is 15.2 Å². The molecule has 1 aliphatic heterocycles. The van der Waals surface area contributed by atoms with Crippen LogP contribution in [0.4, 0.5) is 0 Å². The highest BCUT2D eigenvalue weighted by Gasteiger charge is 2.26. The molecule has 6 rings (SSSR count). The number of pyridine rings is 1. The SMILES string of the molecule is Cc1c(-c2[nH]c3ccc(C4CCN(C(=O)CNCC5CC5)CC4)cc3c2C(C)C)cn2ncnc2c1C. The van der Waals surface area contributed by atoms with Crippen LogP contribution in [-0.2, 0) is 4.79 Å². The zero-order valence-electron chi connectivity index (χ0n) is 22.5. The molecule has 0 bridgehead atoms. The van der Waals surface area contributed by atoms with Crippen molar-refractivity contribution in [3.8, 4) is 11.3 Å². The van der Waals surface area contributed by atoms with E-state index in [1.807, 2.05) is 9.42 Å². The van der Waals surface area contributed by atoms with Crippen LogP contribution in [0.3, 0.4) is 0 Å². The van der Waals surface area contributed by atoms with Gasteiger partial charge in [-0.1, -0.05) is 19.9 Å². The van der Waals surface area contributed by atoms with Gasteiger partial charge in [-0.15, -0.1) is 0 Å². The number of nitrogens with zero attached hydrogens (tertiary/aromatic N) is 4. The molecule has 2 aliphatic rings. The summed E-state index contributed by atoms with van der Waals surface area (Å²) in [5, 5.41) is 9.07. The summed E-state index contributed by atoms with van der Waals surface area (Å²) in [4.78, 5) is 22.9. The molecule has 1 aliphatic carbocycles. The number of piperidine rings is 1. The Bertz CT molecular complexity index is 1450. The van der Waals surface area contributed by atoms with E-state index in [9.17, 15) is 4.79 Å². The van der Waals surface area contributed by atoms with Crippen LogP contribution < -0.4 is 5.32 Å². The Morgan fingerprint density at radius 1 is 1.14 bits per heavy atom. The summed E-state index contributed by atoms with van der Waals surface area (Å²) in [6, 6.07) is 6.93. The molecular weight excluding hydrogens is 460 g/mol. The van der Waals surface area contributed by atoms with E-state index in [0.29, 0.717) is 18.4 Å². The maximum atomic E-state index is 12.6. The Morgan fingerprint density at radius 3 is 2.65 bits per heavy atom. The first-order chi connectivity index (χ1) is 17.9. The van der Waals surface area contributed by atoms with Crippen LogP contribution in [0.5, 0.6) is 0 Å². The summed E-state index contributed by atoms with van der Waals surface area (Å²) in [6.07, 6.45) is 8.40. The molecule has 0 unspecified atom stereocenters. The number of hydrogen-bond donors (Lipinski definition) is 2. The Labute approximate surface area is 218 Å². The number of carbonyl (C=O) groups is 1. The molecule has 1 saturated heterocycles. The average molecular weight is 499 g/mol. The maximum absolute atomic E-state index is 12.6. The van der Waals surface area contributed by atoms with Crippen molar-refractivity contribution in [2.24, 2.45) is 5.92 Å². The molecule has 1 amide bonds. The van der Waals surface area contributed by atoms with E-state index in [1.165, 1.54) is 51.7 Å². The number of hydrogen-bond acceptors (Lipinski definition) is 4. The van der Waals surface area contributed by atoms with E-state index in [4.69, 9.17) is 0 Å². The molecule has 3 aromatic heterocycles. The molecule has 194 valence electrons. The molecule has 4 heterocycles. The first-order valence-electron chi connectivity index (χ1n) is 13.8. The van der Waals surface area contributed by atoms with E-state index in [2.05, 4.69) is 72.5 Å². The standard InChI is InChI=1S/C30H38N6O/c1-18(2)28-24-13-23(22-9-11-35(12-10-22)27(37)15-31-14-21-5-6-21)7-8-26(24)34-29(28)25-16-36-30(32-17-33-36)20(4)19(25)3/h7-8,13,16-18,21-22,31,34H,5-6,9-12,14-15H2,1-4H3. The normalized spacial score (nSPS) is 16.9. The summed E-state index contributed by atoms with van der Waals surface area (Å²) < 4.78 is 1.88. The van der Waals surface area contributed by atoms with Crippen molar-refractivity contribution < 1.29 is 4.79 Å². The van der Waals surface area contributed by atoms with Crippen molar-refractivity contribution in [3.05, 3.63) is 53.0 Å². The van der Waals surface area contributed by atoms with Gasteiger partial charge in [0.05, 0.1) is 12.2 Å². The molecule has 2 fully saturated rings. The highest BCUT2D eigenvalue weighted by Crippen LogP contribution is 2.40. The number of likely N-dealkylation sites (tertiary alicyclic amines) is 1. The molecule has 2 N–H and O–H groups in total. The van der Waals surface area contributed by atoms with Gasteiger partial charge in [-0.2, -0.15) is 5.10 Å². The van der Waals surface area contributed by atoms with E-state index in [1.54, 1.807) is 6.33 Å². The lowest BCUT2D eigenvalue weighted by atomic mass is 9.87. The molecule has 1 saturated carbocycles. The highest BCUT2D eigenvalue weighted by atomic mass is 16.2. The number of rotatable bonds is 7. The maximum Gasteiger partial charge on any atom is 0.236 e. The third-order valence-electron chi connectivity index (χ3n) is 8.56. The van der Waals surface area contributed by atoms with Crippen molar-refractivity contribution in [1.29, 1.82) is 0 Å². The van der Waals surface area contributed by atoms with Crippen LogP contribution >= 0.6 is 0 Å².